The van der Waals surface area contributed by atoms with Crippen LogP contribution in [-0.4, -0.2) is 15.3 Å². The van der Waals surface area contributed by atoms with Crippen LogP contribution in [0.15, 0.2) is 41.2 Å². The number of carbonyl (C=O) groups is 1. The van der Waals surface area contributed by atoms with E-state index in [0.717, 1.165) is 0 Å². The minimum Gasteiger partial charge on any atom is -0.273 e. The minimum atomic E-state index is -0.195. The maximum atomic E-state index is 11.8. The lowest BCUT2D eigenvalue weighted by Gasteiger charge is -2.09. The van der Waals surface area contributed by atoms with Gasteiger partial charge >= 0.3 is 0 Å². The van der Waals surface area contributed by atoms with Gasteiger partial charge in [0.1, 0.15) is 0 Å². The lowest BCUT2D eigenvalue weighted by Crippen LogP contribution is -2.24. The van der Waals surface area contributed by atoms with Gasteiger partial charge in [-0.1, -0.05) is 18.2 Å². The highest BCUT2D eigenvalue weighted by Crippen LogP contribution is 2.06. The molecule has 0 saturated carbocycles. The number of para-hydroxylation sites is 1. The third-order valence-electron chi connectivity index (χ3n) is 2.37. The van der Waals surface area contributed by atoms with E-state index in [1.807, 2.05) is 18.2 Å². The summed E-state index contributed by atoms with van der Waals surface area (Å²) in [6.45, 7) is 3.17. The number of nitrogens with zero attached hydrogens (tertiary/aromatic N) is 2. The fourth-order valence-electron chi connectivity index (χ4n) is 1.76. The van der Waals surface area contributed by atoms with Gasteiger partial charge in [0.2, 0.25) is 5.91 Å². The molecule has 1 aromatic heterocycles. The van der Waals surface area contributed by atoms with Crippen LogP contribution in [-0.2, 0) is 0 Å². The van der Waals surface area contributed by atoms with Crippen LogP contribution in [0.2, 0.25) is 0 Å². The molecule has 2 aromatic rings. The Morgan fingerprint density at radius 2 is 1.81 bits per heavy atom. The van der Waals surface area contributed by atoms with Gasteiger partial charge in [-0.3, -0.25) is 9.59 Å². The second-order valence-electron chi connectivity index (χ2n) is 3.60. The summed E-state index contributed by atoms with van der Waals surface area (Å²) in [5, 5.41) is 0. The molecule has 0 radical (unpaired) electrons. The van der Waals surface area contributed by atoms with Crippen molar-refractivity contribution < 1.29 is 4.79 Å². The van der Waals surface area contributed by atoms with Crippen molar-refractivity contribution in [2.24, 2.45) is 0 Å². The van der Waals surface area contributed by atoms with Gasteiger partial charge in [0, 0.05) is 18.7 Å². The SMILES string of the molecule is CC(=O)n1c(C)cc(=O)n1-c1ccccc1. The van der Waals surface area contributed by atoms with Crippen LogP contribution in [0, 0.1) is 6.92 Å². The van der Waals surface area contributed by atoms with Crippen molar-refractivity contribution in [1.29, 1.82) is 0 Å². The largest absolute Gasteiger partial charge is 0.273 e. The Kier molecular flexibility index (Phi) is 2.48. The number of rotatable bonds is 1. The van der Waals surface area contributed by atoms with Crippen LogP contribution < -0.4 is 5.56 Å². The van der Waals surface area contributed by atoms with Gasteiger partial charge in [0.25, 0.3) is 5.56 Å². The third-order valence-corrected chi connectivity index (χ3v) is 2.37. The van der Waals surface area contributed by atoms with Crippen molar-refractivity contribution in [1.82, 2.24) is 9.36 Å². The highest BCUT2D eigenvalue weighted by molar-refractivity contribution is 5.76. The predicted octanol–water partition coefficient (Wildman–Crippen LogP) is 1.61. The quantitative estimate of drug-likeness (QED) is 0.726. The lowest BCUT2D eigenvalue weighted by molar-refractivity contribution is 0.0909. The number of aryl methyl sites for hydroxylation is 1. The number of carbonyl (C=O) groups excluding carboxylic acids is 1. The molecule has 4 nitrogen and oxygen atoms in total. The molecule has 0 aliphatic heterocycles. The zero-order valence-corrected chi connectivity index (χ0v) is 9.18. The molecule has 0 bridgehead atoms. The first-order valence-electron chi connectivity index (χ1n) is 4.99. The van der Waals surface area contributed by atoms with E-state index in [9.17, 15) is 9.59 Å². The molecule has 0 fully saturated rings. The second-order valence-corrected chi connectivity index (χ2v) is 3.60. The molecule has 0 unspecified atom stereocenters. The van der Waals surface area contributed by atoms with E-state index in [4.69, 9.17) is 0 Å². The molecule has 1 heterocycles. The molecule has 4 heteroatoms. The van der Waals surface area contributed by atoms with Crippen LogP contribution in [0.4, 0.5) is 0 Å². The predicted molar refractivity (Wildman–Crippen MR) is 61.1 cm³/mol. The van der Waals surface area contributed by atoms with Crippen molar-refractivity contribution in [3.05, 3.63) is 52.4 Å². The summed E-state index contributed by atoms with van der Waals surface area (Å²) in [5.41, 5.74) is 1.14. The van der Waals surface area contributed by atoms with Crippen LogP contribution in [0.5, 0.6) is 0 Å². The molecule has 0 saturated heterocycles. The minimum absolute atomic E-state index is 0.177. The number of aromatic nitrogens is 2. The maximum absolute atomic E-state index is 11.8. The van der Waals surface area contributed by atoms with Crippen molar-refractivity contribution in [2.45, 2.75) is 13.8 Å². The topological polar surface area (TPSA) is 44.0 Å². The van der Waals surface area contributed by atoms with Crippen molar-refractivity contribution in [3.63, 3.8) is 0 Å². The Hall–Kier alpha value is -2.10. The zero-order valence-electron chi connectivity index (χ0n) is 9.18. The molecule has 0 amide bonds. The average Bonchev–Trinajstić information content (AvgIpc) is 2.55. The van der Waals surface area contributed by atoms with Gasteiger partial charge < -0.3 is 0 Å². The van der Waals surface area contributed by atoms with Crippen LogP contribution in [0.3, 0.4) is 0 Å². The van der Waals surface area contributed by atoms with Crippen molar-refractivity contribution >= 4 is 5.91 Å². The summed E-state index contributed by atoms with van der Waals surface area (Å²) in [5.74, 6) is -0.177. The zero-order chi connectivity index (χ0) is 11.7. The first kappa shape index (κ1) is 10.4. The number of hydrogen-bond acceptors (Lipinski definition) is 2. The summed E-state index contributed by atoms with van der Waals surface area (Å²) < 4.78 is 2.75. The first-order chi connectivity index (χ1) is 7.61. The van der Waals surface area contributed by atoms with Crippen LogP contribution >= 0.6 is 0 Å². The Labute approximate surface area is 92.7 Å². The highest BCUT2D eigenvalue weighted by Gasteiger charge is 2.12. The number of benzene rings is 1. The Morgan fingerprint density at radius 1 is 1.19 bits per heavy atom. The lowest BCUT2D eigenvalue weighted by atomic mass is 10.3. The normalized spacial score (nSPS) is 10.4. The molecular weight excluding hydrogens is 204 g/mol. The van der Waals surface area contributed by atoms with E-state index < -0.39 is 0 Å². The maximum Gasteiger partial charge on any atom is 0.272 e. The van der Waals surface area contributed by atoms with Gasteiger partial charge in [0.05, 0.1) is 5.69 Å². The Balaban J connectivity index is 2.75. The molecule has 0 aliphatic carbocycles. The monoisotopic (exact) mass is 216 g/mol. The molecule has 0 aliphatic rings. The highest BCUT2D eigenvalue weighted by atomic mass is 16.2. The van der Waals surface area contributed by atoms with E-state index in [1.54, 1.807) is 19.1 Å². The van der Waals surface area contributed by atoms with Gasteiger partial charge in [-0.2, -0.15) is 0 Å². The van der Waals surface area contributed by atoms with Gasteiger partial charge in [0.15, 0.2) is 0 Å². The third kappa shape index (κ3) is 1.58. The summed E-state index contributed by atoms with van der Waals surface area (Å²) >= 11 is 0. The molecule has 2 rings (SSSR count). The summed E-state index contributed by atoms with van der Waals surface area (Å²) in [6, 6.07) is 10.6. The molecule has 82 valence electrons. The van der Waals surface area contributed by atoms with Crippen molar-refractivity contribution in [2.75, 3.05) is 0 Å². The Bertz CT molecular complexity index is 579. The van der Waals surface area contributed by atoms with Crippen LogP contribution in [0.1, 0.15) is 17.4 Å². The van der Waals surface area contributed by atoms with E-state index in [-0.39, 0.29) is 11.5 Å². The molecular formula is C12H12N2O2. The standard InChI is InChI=1S/C12H12N2O2/c1-9-8-12(16)14(13(9)10(2)15)11-6-4-3-5-7-11/h3-8H,1-2H3. The van der Waals surface area contributed by atoms with E-state index >= 15 is 0 Å². The fraction of sp³-hybridized carbons (Fsp3) is 0.167. The van der Waals surface area contributed by atoms with E-state index in [2.05, 4.69) is 0 Å². The summed E-state index contributed by atoms with van der Waals surface area (Å²) in [4.78, 5) is 23.2. The summed E-state index contributed by atoms with van der Waals surface area (Å²) in [7, 11) is 0. The molecule has 0 N–H and O–H groups in total. The Morgan fingerprint density at radius 3 is 2.38 bits per heavy atom. The average molecular weight is 216 g/mol. The molecule has 1 aromatic carbocycles. The fourth-order valence-corrected chi connectivity index (χ4v) is 1.76. The number of hydrogen-bond donors (Lipinski definition) is 0. The van der Waals surface area contributed by atoms with Crippen LogP contribution in [0.25, 0.3) is 5.69 Å². The van der Waals surface area contributed by atoms with E-state index in [0.29, 0.717) is 11.4 Å². The van der Waals surface area contributed by atoms with Crippen molar-refractivity contribution in [3.8, 4) is 5.69 Å². The summed E-state index contributed by atoms with van der Waals surface area (Å²) in [6.07, 6.45) is 0. The molecule has 0 spiro atoms. The van der Waals surface area contributed by atoms with E-state index in [1.165, 1.54) is 22.4 Å². The first-order valence-corrected chi connectivity index (χ1v) is 4.99. The second kappa shape index (κ2) is 3.81. The molecule has 16 heavy (non-hydrogen) atoms. The van der Waals surface area contributed by atoms with Gasteiger partial charge in [-0.05, 0) is 19.1 Å². The smallest absolute Gasteiger partial charge is 0.272 e. The van der Waals surface area contributed by atoms with Gasteiger partial charge in [-0.15, -0.1) is 0 Å². The molecule has 0 atom stereocenters. The van der Waals surface area contributed by atoms with Gasteiger partial charge in [-0.25, -0.2) is 9.36 Å².